The highest BCUT2D eigenvalue weighted by molar-refractivity contribution is 5.87. The maximum Gasteiger partial charge on any atom is 0.330 e. The minimum Gasteiger partial charge on any atom is -0.493 e. The molecule has 0 aliphatic carbocycles. The molecule has 4 heteroatoms. The molecule has 4 nitrogen and oxygen atoms in total. The molecule has 0 N–H and O–H groups in total. The molecule has 0 saturated carbocycles. The molecule has 0 aliphatic heterocycles. The quantitative estimate of drug-likeness (QED) is 0.587. The van der Waals surface area contributed by atoms with E-state index in [0.717, 1.165) is 16.9 Å². The van der Waals surface area contributed by atoms with Crippen LogP contribution in [0.2, 0.25) is 0 Å². The van der Waals surface area contributed by atoms with Crippen molar-refractivity contribution in [1.82, 2.24) is 0 Å². The standard InChI is InChI=1S/C19H20O4/c1-4-22-19(20)12-8-15-7-11-17(21-3)18(13-15)23-16-9-5-14(2)6-10-16/h5-13H,4H2,1-3H3. The second-order valence-corrected chi connectivity index (χ2v) is 4.91. The summed E-state index contributed by atoms with van der Waals surface area (Å²) in [5.74, 6) is 1.56. The van der Waals surface area contributed by atoms with Crippen molar-refractivity contribution < 1.29 is 19.0 Å². The van der Waals surface area contributed by atoms with E-state index in [1.165, 1.54) is 6.08 Å². The summed E-state index contributed by atoms with van der Waals surface area (Å²) in [5, 5.41) is 0. The smallest absolute Gasteiger partial charge is 0.330 e. The largest absolute Gasteiger partial charge is 0.493 e. The van der Waals surface area contributed by atoms with E-state index >= 15 is 0 Å². The molecule has 0 aromatic heterocycles. The lowest BCUT2D eigenvalue weighted by molar-refractivity contribution is -0.137. The third kappa shape index (κ3) is 4.88. The lowest BCUT2D eigenvalue weighted by atomic mass is 10.2. The van der Waals surface area contributed by atoms with Gasteiger partial charge in [-0.15, -0.1) is 0 Å². The molecule has 0 fully saturated rings. The fourth-order valence-corrected chi connectivity index (χ4v) is 1.96. The fourth-order valence-electron chi connectivity index (χ4n) is 1.96. The summed E-state index contributed by atoms with van der Waals surface area (Å²) >= 11 is 0. The van der Waals surface area contributed by atoms with Gasteiger partial charge in [0.25, 0.3) is 0 Å². The number of rotatable bonds is 6. The lowest BCUT2D eigenvalue weighted by Gasteiger charge is -2.11. The Morgan fingerprint density at radius 2 is 1.83 bits per heavy atom. The zero-order valence-corrected chi connectivity index (χ0v) is 13.5. The van der Waals surface area contributed by atoms with Crippen LogP contribution in [0.1, 0.15) is 18.1 Å². The zero-order valence-electron chi connectivity index (χ0n) is 13.5. The average Bonchev–Trinajstić information content (AvgIpc) is 2.55. The Morgan fingerprint density at radius 1 is 1.09 bits per heavy atom. The fraction of sp³-hybridized carbons (Fsp3) is 0.211. The number of benzene rings is 2. The predicted molar refractivity (Wildman–Crippen MR) is 89.9 cm³/mol. The lowest BCUT2D eigenvalue weighted by Crippen LogP contribution is -1.98. The first-order valence-corrected chi connectivity index (χ1v) is 7.39. The molecule has 0 unspecified atom stereocenters. The second kappa shape index (κ2) is 8.03. The van der Waals surface area contributed by atoms with Crippen molar-refractivity contribution in [2.24, 2.45) is 0 Å². The summed E-state index contributed by atoms with van der Waals surface area (Å²) in [4.78, 5) is 11.4. The summed E-state index contributed by atoms with van der Waals surface area (Å²) in [7, 11) is 1.59. The number of esters is 1. The number of hydrogen-bond donors (Lipinski definition) is 0. The van der Waals surface area contributed by atoms with E-state index in [1.54, 1.807) is 26.2 Å². The third-order valence-corrected chi connectivity index (χ3v) is 3.13. The van der Waals surface area contributed by atoms with Crippen LogP contribution in [0.5, 0.6) is 17.2 Å². The van der Waals surface area contributed by atoms with Gasteiger partial charge >= 0.3 is 5.97 Å². The molecule has 2 rings (SSSR count). The van der Waals surface area contributed by atoms with Crippen molar-refractivity contribution in [2.75, 3.05) is 13.7 Å². The van der Waals surface area contributed by atoms with Crippen molar-refractivity contribution in [3.05, 3.63) is 59.7 Å². The molecule has 0 amide bonds. The zero-order chi connectivity index (χ0) is 16.7. The molecule has 0 radical (unpaired) electrons. The maximum atomic E-state index is 11.4. The van der Waals surface area contributed by atoms with Crippen molar-refractivity contribution in [1.29, 1.82) is 0 Å². The highest BCUT2D eigenvalue weighted by atomic mass is 16.5. The molecule has 0 bridgehead atoms. The molecular weight excluding hydrogens is 292 g/mol. The Kier molecular flexibility index (Phi) is 5.80. The van der Waals surface area contributed by atoms with Gasteiger partial charge in [-0.3, -0.25) is 0 Å². The van der Waals surface area contributed by atoms with Crippen LogP contribution in [0.25, 0.3) is 6.08 Å². The Hall–Kier alpha value is -2.75. The molecule has 0 aliphatic rings. The van der Waals surface area contributed by atoms with Gasteiger partial charge in [-0.2, -0.15) is 0 Å². The van der Waals surface area contributed by atoms with Crippen LogP contribution >= 0.6 is 0 Å². The molecule has 0 atom stereocenters. The molecule has 2 aromatic carbocycles. The van der Waals surface area contributed by atoms with Gasteiger partial charge in [0.2, 0.25) is 0 Å². The first-order valence-electron chi connectivity index (χ1n) is 7.39. The number of carbonyl (C=O) groups excluding carboxylic acids is 1. The molecule has 0 heterocycles. The summed E-state index contributed by atoms with van der Waals surface area (Å²) in [6.45, 7) is 4.14. The highest BCUT2D eigenvalue weighted by Gasteiger charge is 2.07. The number of hydrogen-bond acceptors (Lipinski definition) is 4. The summed E-state index contributed by atoms with van der Waals surface area (Å²) in [5.41, 5.74) is 1.98. The molecule has 0 spiro atoms. The van der Waals surface area contributed by atoms with Gasteiger partial charge in [-0.25, -0.2) is 4.79 Å². The SMILES string of the molecule is CCOC(=O)C=Cc1ccc(OC)c(Oc2ccc(C)cc2)c1. The minimum absolute atomic E-state index is 0.355. The average molecular weight is 312 g/mol. The number of methoxy groups -OCH3 is 1. The van der Waals surface area contributed by atoms with Gasteiger partial charge in [0.1, 0.15) is 5.75 Å². The first kappa shape index (κ1) is 16.6. The number of ether oxygens (including phenoxy) is 3. The van der Waals surface area contributed by atoms with Crippen molar-refractivity contribution in [2.45, 2.75) is 13.8 Å². The van der Waals surface area contributed by atoms with Crippen LogP contribution in [-0.2, 0) is 9.53 Å². The van der Waals surface area contributed by atoms with Crippen LogP contribution < -0.4 is 9.47 Å². The van der Waals surface area contributed by atoms with Crippen LogP contribution in [-0.4, -0.2) is 19.7 Å². The summed E-state index contributed by atoms with van der Waals surface area (Å²) < 4.78 is 16.1. The van der Waals surface area contributed by atoms with Gasteiger partial charge in [0, 0.05) is 6.08 Å². The molecule has 2 aromatic rings. The van der Waals surface area contributed by atoms with Crippen LogP contribution in [0.15, 0.2) is 48.5 Å². The molecular formula is C19H20O4. The van der Waals surface area contributed by atoms with Gasteiger partial charge in [-0.05, 0) is 49.8 Å². The van der Waals surface area contributed by atoms with E-state index < -0.39 is 0 Å². The maximum absolute atomic E-state index is 11.4. The summed E-state index contributed by atoms with van der Waals surface area (Å²) in [6, 6.07) is 13.2. The van der Waals surface area contributed by atoms with E-state index in [1.807, 2.05) is 43.3 Å². The van der Waals surface area contributed by atoms with E-state index in [9.17, 15) is 4.79 Å². The van der Waals surface area contributed by atoms with E-state index in [-0.39, 0.29) is 5.97 Å². The van der Waals surface area contributed by atoms with Crippen molar-refractivity contribution >= 4 is 12.0 Å². The van der Waals surface area contributed by atoms with E-state index in [0.29, 0.717) is 18.1 Å². The van der Waals surface area contributed by atoms with Crippen LogP contribution in [0.3, 0.4) is 0 Å². The second-order valence-electron chi connectivity index (χ2n) is 4.91. The normalized spacial score (nSPS) is 10.6. The monoisotopic (exact) mass is 312 g/mol. The first-order chi connectivity index (χ1) is 11.1. The van der Waals surface area contributed by atoms with Gasteiger partial charge in [0.05, 0.1) is 13.7 Å². The molecule has 23 heavy (non-hydrogen) atoms. The summed E-state index contributed by atoms with van der Waals surface area (Å²) in [6.07, 6.45) is 3.07. The third-order valence-electron chi connectivity index (χ3n) is 3.13. The Labute approximate surface area is 136 Å². The van der Waals surface area contributed by atoms with Gasteiger partial charge in [-0.1, -0.05) is 23.8 Å². The van der Waals surface area contributed by atoms with Crippen molar-refractivity contribution in [3.63, 3.8) is 0 Å². The molecule has 0 saturated heterocycles. The Balaban J connectivity index is 2.21. The number of carbonyl (C=O) groups is 1. The topological polar surface area (TPSA) is 44.8 Å². The van der Waals surface area contributed by atoms with E-state index in [2.05, 4.69) is 0 Å². The van der Waals surface area contributed by atoms with Crippen LogP contribution in [0, 0.1) is 6.92 Å². The molecule has 120 valence electrons. The number of aryl methyl sites for hydroxylation is 1. The predicted octanol–water partition coefficient (Wildman–Crippen LogP) is 4.37. The Morgan fingerprint density at radius 3 is 2.48 bits per heavy atom. The van der Waals surface area contributed by atoms with E-state index in [4.69, 9.17) is 14.2 Å². The Bertz CT molecular complexity index is 687. The van der Waals surface area contributed by atoms with Crippen LogP contribution in [0.4, 0.5) is 0 Å². The van der Waals surface area contributed by atoms with Crippen molar-refractivity contribution in [3.8, 4) is 17.2 Å². The van der Waals surface area contributed by atoms with Gasteiger partial charge < -0.3 is 14.2 Å². The van der Waals surface area contributed by atoms with Gasteiger partial charge in [0.15, 0.2) is 11.5 Å². The minimum atomic E-state index is -0.371. The highest BCUT2D eigenvalue weighted by Crippen LogP contribution is 2.32.